The maximum Gasteiger partial charge on any atom is 0.255 e. The predicted molar refractivity (Wildman–Crippen MR) is 104 cm³/mol. The fraction of sp³-hybridized carbons (Fsp3) is 0.350. The molecule has 1 atom stereocenters. The molecule has 2 aromatic carbocycles. The van der Waals surface area contributed by atoms with Crippen LogP contribution in [0.2, 0.25) is 0 Å². The van der Waals surface area contributed by atoms with Crippen LogP contribution < -0.4 is 10.0 Å². The predicted octanol–water partition coefficient (Wildman–Crippen LogP) is 3.01. The third-order valence-corrected chi connectivity index (χ3v) is 6.02. The van der Waals surface area contributed by atoms with Gasteiger partial charge in [-0.3, -0.25) is 4.79 Å². The van der Waals surface area contributed by atoms with E-state index in [4.69, 9.17) is 4.74 Å². The van der Waals surface area contributed by atoms with Gasteiger partial charge in [-0.15, -0.1) is 0 Å². The van der Waals surface area contributed by atoms with Gasteiger partial charge in [0, 0.05) is 24.4 Å². The highest BCUT2D eigenvalue weighted by molar-refractivity contribution is 7.89. The van der Waals surface area contributed by atoms with Crippen molar-refractivity contribution in [3.63, 3.8) is 0 Å². The minimum absolute atomic E-state index is 0.0671. The van der Waals surface area contributed by atoms with Crippen molar-refractivity contribution in [3.8, 4) is 0 Å². The fourth-order valence-electron chi connectivity index (χ4n) is 3.03. The molecule has 1 aliphatic rings. The molecule has 0 aromatic heterocycles. The Balaban J connectivity index is 1.65. The Morgan fingerprint density at radius 1 is 1.15 bits per heavy atom. The van der Waals surface area contributed by atoms with E-state index in [9.17, 15) is 13.2 Å². The molecule has 1 heterocycles. The molecule has 2 aromatic rings. The quantitative estimate of drug-likeness (QED) is 0.797. The first kappa shape index (κ1) is 19.5. The number of nitrogens with one attached hydrogen (secondary N) is 2. The number of ether oxygens (including phenoxy) is 1. The first-order chi connectivity index (χ1) is 12.8. The summed E-state index contributed by atoms with van der Waals surface area (Å²) in [6.07, 6.45) is 1.75. The number of amides is 1. The summed E-state index contributed by atoms with van der Waals surface area (Å²) in [6.45, 7) is 4.86. The fourth-order valence-corrected chi connectivity index (χ4v) is 4.09. The first-order valence-corrected chi connectivity index (χ1v) is 10.4. The lowest BCUT2D eigenvalue weighted by molar-refractivity contribution is 0.102. The van der Waals surface area contributed by atoms with E-state index in [-0.39, 0.29) is 23.5 Å². The monoisotopic (exact) mass is 388 g/mol. The van der Waals surface area contributed by atoms with Crippen molar-refractivity contribution in [2.75, 3.05) is 18.5 Å². The van der Waals surface area contributed by atoms with Crippen molar-refractivity contribution in [2.24, 2.45) is 0 Å². The molecule has 0 spiro atoms. The van der Waals surface area contributed by atoms with Crippen LogP contribution in [-0.2, 0) is 14.8 Å². The maximum absolute atomic E-state index is 12.4. The van der Waals surface area contributed by atoms with Crippen LogP contribution in [0, 0.1) is 13.8 Å². The summed E-state index contributed by atoms with van der Waals surface area (Å²) in [6, 6.07) is 11.7. The van der Waals surface area contributed by atoms with E-state index in [2.05, 4.69) is 10.0 Å². The van der Waals surface area contributed by atoms with Gasteiger partial charge >= 0.3 is 0 Å². The number of carbonyl (C=O) groups is 1. The van der Waals surface area contributed by atoms with E-state index in [0.29, 0.717) is 12.2 Å². The zero-order valence-corrected chi connectivity index (χ0v) is 16.3. The summed E-state index contributed by atoms with van der Waals surface area (Å²) in [5, 5.41) is 2.85. The topological polar surface area (TPSA) is 84.5 Å². The lowest BCUT2D eigenvalue weighted by atomic mass is 10.1. The second-order valence-corrected chi connectivity index (χ2v) is 8.55. The number of benzene rings is 2. The van der Waals surface area contributed by atoms with Crippen LogP contribution in [0.4, 0.5) is 5.69 Å². The van der Waals surface area contributed by atoms with Crippen LogP contribution in [0.1, 0.15) is 34.3 Å². The van der Waals surface area contributed by atoms with Crippen LogP contribution in [0.25, 0.3) is 0 Å². The zero-order valence-electron chi connectivity index (χ0n) is 15.5. The molecule has 1 saturated heterocycles. The van der Waals surface area contributed by atoms with E-state index >= 15 is 0 Å². The Morgan fingerprint density at radius 3 is 2.52 bits per heavy atom. The second kappa shape index (κ2) is 8.21. The van der Waals surface area contributed by atoms with Gasteiger partial charge in [-0.1, -0.05) is 17.7 Å². The second-order valence-electron chi connectivity index (χ2n) is 6.78. The van der Waals surface area contributed by atoms with Crippen molar-refractivity contribution in [1.82, 2.24) is 4.72 Å². The SMILES string of the molecule is Cc1ccc(NC(=O)c2ccc(S(=O)(=O)NC[C@@H]3CCCO3)cc2)c(C)c1. The highest BCUT2D eigenvalue weighted by Gasteiger charge is 2.20. The van der Waals surface area contributed by atoms with Crippen LogP contribution in [0.5, 0.6) is 0 Å². The molecular weight excluding hydrogens is 364 g/mol. The number of hydrogen-bond acceptors (Lipinski definition) is 4. The van der Waals surface area contributed by atoms with E-state index < -0.39 is 10.0 Å². The Hall–Kier alpha value is -2.22. The van der Waals surface area contributed by atoms with Gasteiger partial charge in [-0.25, -0.2) is 13.1 Å². The third-order valence-electron chi connectivity index (χ3n) is 4.58. The molecule has 0 saturated carbocycles. The Labute approximate surface area is 160 Å². The molecule has 1 fully saturated rings. The molecular formula is C20H24N2O4S. The van der Waals surface area contributed by atoms with Crippen molar-refractivity contribution >= 4 is 21.6 Å². The third kappa shape index (κ3) is 4.94. The molecule has 7 heteroatoms. The van der Waals surface area contributed by atoms with E-state index in [0.717, 1.165) is 29.7 Å². The molecule has 0 radical (unpaired) electrons. The molecule has 0 bridgehead atoms. The van der Waals surface area contributed by atoms with Gasteiger partial charge in [0.05, 0.1) is 11.0 Å². The lowest BCUT2D eigenvalue weighted by Crippen LogP contribution is -2.31. The molecule has 0 aliphatic carbocycles. The minimum atomic E-state index is -3.62. The highest BCUT2D eigenvalue weighted by Crippen LogP contribution is 2.18. The number of hydrogen-bond donors (Lipinski definition) is 2. The van der Waals surface area contributed by atoms with Gasteiger partial charge in [0.15, 0.2) is 0 Å². The van der Waals surface area contributed by atoms with Crippen LogP contribution in [-0.4, -0.2) is 33.6 Å². The van der Waals surface area contributed by atoms with E-state index in [1.807, 2.05) is 32.0 Å². The zero-order chi connectivity index (χ0) is 19.4. The smallest absolute Gasteiger partial charge is 0.255 e. The Bertz CT molecular complexity index is 917. The molecule has 3 rings (SSSR count). The van der Waals surface area contributed by atoms with Gasteiger partial charge < -0.3 is 10.1 Å². The van der Waals surface area contributed by atoms with Gasteiger partial charge in [-0.2, -0.15) is 0 Å². The summed E-state index contributed by atoms with van der Waals surface area (Å²) >= 11 is 0. The molecule has 27 heavy (non-hydrogen) atoms. The summed E-state index contributed by atoms with van der Waals surface area (Å²) < 4.78 is 32.7. The van der Waals surface area contributed by atoms with Crippen LogP contribution in [0.3, 0.4) is 0 Å². The first-order valence-electron chi connectivity index (χ1n) is 8.95. The number of sulfonamides is 1. The molecule has 1 aliphatic heterocycles. The van der Waals surface area contributed by atoms with Crippen molar-refractivity contribution in [2.45, 2.75) is 37.7 Å². The number of rotatable bonds is 6. The summed E-state index contributed by atoms with van der Waals surface area (Å²) in [4.78, 5) is 12.5. The minimum Gasteiger partial charge on any atom is -0.377 e. The lowest BCUT2D eigenvalue weighted by Gasteiger charge is -2.12. The Kier molecular flexibility index (Phi) is 5.94. The largest absolute Gasteiger partial charge is 0.377 e. The van der Waals surface area contributed by atoms with Gasteiger partial charge in [-0.05, 0) is 62.6 Å². The average molecular weight is 388 g/mol. The maximum atomic E-state index is 12.4. The highest BCUT2D eigenvalue weighted by atomic mass is 32.2. The standard InChI is InChI=1S/C20H24N2O4S/c1-14-5-10-19(15(2)12-14)22-20(23)16-6-8-18(9-7-16)27(24,25)21-13-17-4-3-11-26-17/h5-10,12,17,21H,3-4,11,13H2,1-2H3,(H,22,23)/t17-/m0/s1. The molecule has 144 valence electrons. The summed E-state index contributed by atoms with van der Waals surface area (Å²) in [5.41, 5.74) is 3.23. The summed E-state index contributed by atoms with van der Waals surface area (Å²) in [7, 11) is -3.62. The normalized spacial score (nSPS) is 17.0. The van der Waals surface area contributed by atoms with Gasteiger partial charge in [0.25, 0.3) is 5.91 Å². The molecule has 0 unspecified atom stereocenters. The van der Waals surface area contributed by atoms with Crippen molar-refractivity contribution < 1.29 is 17.9 Å². The Morgan fingerprint density at radius 2 is 1.89 bits per heavy atom. The van der Waals surface area contributed by atoms with E-state index in [1.165, 1.54) is 24.3 Å². The summed E-state index contributed by atoms with van der Waals surface area (Å²) in [5.74, 6) is -0.279. The van der Waals surface area contributed by atoms with E-state index in [1.54, 1.807) is 0 Å². The van der Waals surface area contributed by atoms with Crippen molar-refractivity contribution in [1.29, 1.82) is 0 Å². The number of aryl methyl sites for hydroxylation is 2. The van der Waals surface area contributed by atoms with Crippen molar-refractivity contribution in [3.05, 3.63) is 59.2 Å². The molecule has 2 N–H and O–H groups in total. The number of anilines is 1. The molecule has 6 nitrogen and oxygen atoms in total. The van der Waals surface area contributed by atoms with Gasteiger partial charge in [0.2, 0.25) is 10.0 Å². The van der Waals surface area contributed by atoms with Crippen LogP contribution in [0.15, 0.2) is 47.4 Å². The van der Waals surface area contributed by atoms with Gasteiger partial charge in [0.1, 0.15) is 0 Å². The average Bonchev–Trinajstić information content (AvgIpc) is 3.16. The number of carbonyl (C=O) groups excluding carboxylic acids is 1. The van der Waals surface area contributed by atoms with Crippen LogP contribution >= 0.6 is 0 Å². The molecule has 1 amide bonds.